The van der Waals surface area contributed by atoms with Crippen LogP contribution in [0.25, 0.3) is 5.69 Å². The lowest BCUT2D eigenvalue weighted by Gasteiger charge is -2.32. The zero-order valence-electron chi connectivity index (χ0n) is 13.1. The van der Waals surface area contributed by atoms with Crippen molar-refractivity contribution in [1.29, 1.82) is 0 Å². The molecule has 1 fully saturated rings. The lowest BCUT2D eigenvalue weighted by Crippen LogP contribution is -2.48. The summed E-state index contributed by atoms with van der Waals surface area (Å²) in [4.78, 5) is 18.4. The van der Waals surface area contributed by atoms with E-state index in [2.05, 4.69) is 20.3 Å². The van der Waals surface area contributed by atoms with E-state index < -0.39 is 6.10 Å². The number of piperidine rings is 1. The van der Waals surface area contributed by atoms with Gasteiger partial charge in [-0.3, -0.25) is 4.79 Å². The number of para-hydroxylation sites is 1. The summed E-state index contributed by atoms with van der Waals surface area (Å²) in [5.74, 6) is -0.496. The fourth-order valence-corrected chi connectivity index (χ4v) is 2.89. The first-order valence-electron chi connectivity index (χ1n) is 7.72. The number of carbonyl (C=O) groups excluding carboxylic acids is 1. The molecule has 23 heavy (non-hydrogen) atoms. The third kappa shape index (κ3) is 3.57. The zero-order valence-corrected chi connectivity index (χ0v) is 13.1. The standard InChI is InChI=1S/C16H21N5O2/c1-20-7-6-15(22)13(9-20)16(23)18-8-12-4-2-3-5-14(12)21-11-17-10-19-21/h2-5,10-11,13,15,22H,6-9H2,1H3,(H,18,23)/t13-,15-/m1/s1. The predicted octanol–water partition coefficient (Wildman–Crippen LogP) is 0.196. The minimum absolute atomic E-state index is 0.113. The molecule has 1 amide bonds. The van der Waals surface area contributed by atoms with Crippen molar-refractivity contribution in [2.24, 2.45) is 5.92 Å². The summed E-state index contributed by atoms with van der Waals surface area (Å²) >= 11 is 0. The third-order valence-electron chi connectivity index (χ3n) is 4.23. The van der Waals surface area contributed by atoms with Gasteiger partial charge in [0.05, 0.1) is 17.7 Å². The van der Waals surface area contributed by atoms with Crippen LogP contribution < -0.4 is 5.32 Å². The van der Waals surface area contributed by atoms with Crippen LogP contribution in [-0.2, 0) is 11.3 Å². The number of aliphatic hydroxyl groups is 1. The van der Waals surface area contributed by atoms with Crippen molar-refractivity contribution in [2.75, 3.05) is 20.1 Å². The van der Waals surface area contributed by atoms with Gasteiger partial charge in [-0.15, -0.1) is 0 Å². The van der Waals surface area contributed by atoms with E-state index in [4.69, 9.17) is 0 Å². The van der Waals surface area contributed by atoms with Gasteiger partial charge in [0.2, 0.25) is 5.91 Å². The molecule has 2 N–H and O–H groups in total. The molecule has 1 saturated heterocycles. The van der Waals surface area contributed by atoms with Crippen LogP contribution >= 0.6 is 0 Å². The molecule has 0 radical (unpaired) electrons. The summed E-state index contributed by atoms with van der Waals surface area (Å²) in [5.41, 5.74) is 1.83. The fraction of sp³-hybridized carbons (Fsp3) is 0.438. The molecule has 0 saturated carbocycles. The Bertz CT molecular complexity index is 658. The summed E-state index contributed by atoms with van der Waals surface area (Å²) < 4.78 is 1.67. The molecule has 2 atom stereocenters. The Balaban J connectivity index is 1.68. The number of likely N-dealkylation sites (tertiary alicyclic amines) is 1. The molecule has 122 valence electrons. The second-order valence-corrected chi connectivity index (χ2v) is 5.91. The van der Waals surface area contributed by atoms with Gasteiger partial charge < -0.3 is 15.3 Å². The number of aliphatic hydroxyl groups excluding tert-OH is 1. The van der Waals surface area contributed by atoms with Gasteiger partial charge in [-0.1, -0.05) is 18.2 Å². The fourth-order valence-electron chi connectivity index (χ4n) is 2.89. The molecule has 7 heteroatoms. The number of carbonyl (C=O) groups is 1. The van der Waals surface area contributed by atoms with Gasteiger partial charge in [0.25, 0.3) is 0 Å². The van der Waals surface area contributed by atoms with Crippen molar-refractivity contribution in [3.8, 4) is 5.69 Å². The number of rotatable bonds is 4. The zero-order chi connectivity index (χ0) is 16.2. The number of nitrogens with one attached hydrogen (secondary N) is 1. The van der Waals surface area contributed by atoms with Crippen LogP contribution in [0.4, 0.5) is 0 Å². The highest BCUT2D eigenvalue weighted by atomic mass is 16.3. The van der Waals surface area contributed by atoms with Gasteiger partial charge in [-0.05, 0) is 25.1 Å². The number of hydrogen-bond acceptors (Lipinski definition) is 5. The van der Waals surface area contributed by atoms with Crippen LogP contribution in [0.2, 0.25) is 0 Å². The molecule has 3 rings (SSSR count). The number of aromatic nitrogens is 3. The van der Waals surface area contributed by atoms with E-state index in [1.807, 2.05) is 31.3 Å². The maximum absolute atomic E-state index is 12.4. The van der Waals surface area contributed by atoms with Gasteiger partial charge >= 0.3 is 0 Å². The van der Waals surface area contributed by atoms with E-state index in [1.165, 1.54) is 6.33 Å². The molecular weight excluding hydrogens is 294 g/mol. The average Bonchev–Trinajstić information content (AvgIpc) is 3.09. The molecule has 0 aliphatic carbocycles. The van der Waals surface area contributed by atoms with E-state index in [-0.39, 0.29) is 11.8 Å². The Labute approximate surface area is 134 Å². The first-order valence-corrected chi connectivity index (χ1v) is 7.72. The normalized spacial score (nSPS) is 22.0. The van der Waals surface area contributed by atoms with Gasteiger partial charge in [0.1, 0.15) is 12.7 Å². The molecule has 0 bridgehead atoms. The number of benzene rings is 1. The van der Waals surface area contributed by atoms with Crippen LogP contribution in [-0.4, -0.2) is 56.9 Å². The molecule has 0 spiro atoms. The Hall–Kier alpha value is -2.25. The van der Waals surface area contributed by atoms with E-state index >= 15 is 0 Å². The van der Waals surface area contributed by atoms with Gasteiger partial charge in [0.15, 0.2) is 0 Å². The minimum atomic E-state index is -0.572. The molecule has 2 aromatic rings. The molecule has 1 aromatic carbocycles. The molecule has 2 heterocycles. The number of amides is 1. The van der Waals surface area contributed by atoms with Gasteiger partial charge in [0, 0.05) is 19.6 Å². The Morgan fingerprint density at radius 3 is 3.04 bits per heavy atom. The van der Waals surface area contributed by atoms with Crippen molar-refractivity contribution in [1.82, 2.24) is 25.0 Å². The smallest absolute Gasteiger partial charge is 0.227 e. The average molecular weight is 315 g/mol. The van der Waals surface area contributed by atoms with Crippen LogP contribution in [0.3, 0.4) is 0 Å². The summed E-state index contributed by atoms with van der Waals surface area (Å²) in [7, 11) is 1.96. The lowest BCUT2D eigenvalue weighted by molar-refractivity contribution is -0.131. The first kappa shape index (κ1) is 15.6. The highest BCUT2D eigenvalue weighted by molar-refractivity contribution is 5.79. The highest BCUT2D eigenvalue weighted by Gasteiger charge is 2.31. The Morgan fingerprint density at radius 2 is 2.26 bits per heavy atom. The van der Waals surface area contributed by atoms with Crippen LogP contribution in [0.5, 0.6) is 0 Å². The second kappa shape index (κ2) is 6.89. The molecular formula is C16H21N5O2. The highest BCUT2D eigenvalue weighted by Crippen LogP contribution is 2.17. The van der Waals surface area contributed by atoms with Gasteiger partial charge in [-0.25, -0.2) is 9.67 Å². The molecule has 1 aliphatic rings. The van der Waals surface area contributed by atoms with Crippen molar-refractivity contribution >= 4 is 5.91 Å². The van der Waals surface area contributed by atoms with Crippen molar-refractivity contribution in [3.05, 3.63) is 42.5 Å². The minimum Gasteiger partial charge on any atom is -0.392 e. The number of nitrogens with zero attached hydrogens (tertiary/aromatic N) is 4. The van der Waals surface area contributed by atoms with Crippen LogP contribution in [0.1, 0.15) is 12.0 Å². The monoisotopic (exact) mass is 315 g/mol. The summed E-state index contributed by atoms with van der Waals surface area (Å²) in [6, 6.07) is 7.72. The van der Waals surface area contributed by atoms with Crippen LogP contribution in [0.15, 0.2) is 36.9 Å². The quantitative estimate of drug-likeness (QED) is 0.842. The van der Waals surface area contributed by atoms with Crippen molar-refractivity contribution in [2.45, 2.75) is 19.1 Å². The number of hydrogen-bond donors (Lipinski definition) is 2. The Kier molecular flexibility index (Phi) is 4.68. The van der Waals surface area contributed by atoms with Crippen LogP contribution in [0, 0.1) is 5.92 Å². The van der Waals surface area contributed by atoms with Gasteiger partial charge in [-0.2, -0.15) is 5.10 Å². The maximum atomic E-state index is 12.4. The van der Waals surface area contributed by atoms with E-state index in [9.17, 15) is 9.90 Å². The predicted molar refractivity (Wildman–Crippen MR) is 84.8 cm³/mol. The largest absolute Gasteiger partial charge is 0.392 e. The summed E-state index contributed by atoms with van der Waals surface area (Å²) in [5, 5.41) is 17.1. The topological polar surface area (TPSA) is 83.3 Å². The third-order valence-corrected chi connectivity index (χ3v) is 4.23. The maximum Gasteiger partial charge on any atom is 0.227 e. The Morgan fingerprint density at radius 1 is 1.43 bits per heavy atom. The molecule has 1 aliphatic heterocycles. The SMILES string of the molecule is CN1CC[C@@H](O)[C@H](C(=O)NCc2ccccc2-n2cncn2)C1. The molecule has 1 aromatic heterocycles. The van der Waals surface area contributed by atoms with Crippen molar-refractivity contribution in [3.63, 3.8) is 0 Å². The van der Waals surface area contributed by atoms with E-state index in [1.54, 1.807) is 11.0 Å². The summed E-state index contributed by atoms with van der Waals surface area (Å²) in [6.07, 6.45) is 3.16. The molecule has 0 unspecified atom stereocenters. The summed E-state index contributed by atoms with van der Waals surface area (Å²) in [6.45, 7) is 1.79. The van der Waals surface area contributed by atoms with Crippen molar-refractivity contribution < 1.29 is 9.90 Å². The first-order chi connectivity index (χ1) is 11.1. The molecule has 7 nitrogen and oxygen atoms in total. The lowest BCUT2D eigenvalue weighted by atomic mass is 9.94. The second-order valence-electron chi connectivity index (χ2n) is 5.91. The van der Waals surface area contributed by atoms with E-state index in [0.717, 1.165) is 17.8 Å². The van der Waals surface area contributed by atoms with E-state index in [0.29, 0.717) is 19.5 Å².